The van der Waals surface area contributed by atoms with Gasteiger partial charge in [0.15, 0.2) is 0 Å². The van der Waals surface area contributed by atoms with E-state index in [-0.39, 0.29) is 17.4 Å². The van der Waals surface area contributed by atoms with E-state index in [1.165, 1.54) is 24.3 Å². The number of hydrogen-bond donors (Lipinski definition) is 3. The smallest absolute Gasteiger partial charge is 0.315 e. The summed E-state index contributed by atoms with van der Waals surface area (Å²) in [6.07, 6.45) is 0.470. The van der Waals surface area contributed by atoms with Gasteiger partial charge in [-0.15, -0.1) is 0 Å². The van der Waals surface area contributed by atoms with Gasteiger partial charge in [0, 0.05) is 6.54 Å². The van der Waals surface area contributed by atoms with Gasteiger partial charge in [-0.25, -0.2) is 13.6 Å². The molecule has 0 aliphatic carbocycles. The minimum absolute atomic E-state index is 0.181. The Morgan fingerprint density at radius 2 is 1.39 bits per heavy atom. The van der Waals surface area contributed by atoms with E-state index in [0.717, 1.165) is 5.56 Å². The summed E-state index contributed by atoms with van der Waals surface area (Å²) in [6, 6.07) is 17.5. The average Bonchev–Trinajstić information content (AvgIpc) is 2.69. The minimum Gasteiger partial charge on any atom is -0.508 e. The first-order valence-electron chi connectivity index (χ1n) is 8.85. The largest absolute Gasteiger partial charge is 0.508 e. The lowest BCUT2D eigenvalue weighted by Crippen LogP contribution is -2.39. The first-order valence-corrected chi connectivity index (χ1v) is 8.85. The van der Waals surface area contributed by atoms with Crippen molar-refractivity contribution in [2.45, 2.75) is 12.5 Å². The zero-order valence-electron chi connectivity index (χ0n) is 15.0. The summed E-state index contributed by atoms with van der Waals surface area (Å²) < 4.78 is 26.5. The predicted molar refractivity (Wildman–Crippen MR) is 103 cm³/mol. The van der Waals surface area contributed by atoms with Crippen LogP contribution in [0.5, 0.6) is 5.75 Å². The highest BCUT2D eigenvalue weighted by molar-refractivity contribution is 5.75. The summed E-state index contributed by atoms with van der Waals surface area (Å²) in [4.78, 5) is 12.4. The molecule has 3 N–H and O–H groups in total. The fourth-order valence-corrected chi connectivity index (χ4v) is 2.88. The van der Waals surface area contributed by atoms with Gasteiger partial charge in [0.25, 0.3) is 0 Å². The first kappa shape index (κ1) is 19.4. The maximum atomic E-state index is 13.3. The molecule has 0 saturated carbocycles. The van der Waals surface area contributed by atoms with Crippen molar-refractivity contribution in [1.29, 1.82) is 0 Å². The van der Waals surface area contributed by atoms with Crippen LogP contribution in [-0.4, -0.2) is 17.7 Å². The van der Waals surface area contributed by atoms with Crippen LogP contribution in [0.1, 0.15) is 22.7 Å². The van der Waals surface area contributed by atoms with E-state index >= 15 is 0 Å². The van der Waals surface area contributed by atoms with E-state index in [9.17, 15) is 18.7 Å². The molecule has 0 saturated heterocycles. The van der Waals surface area contributed by atoms with Crippen LogP contribution in [0.25, 0.3) is 0 Å². The van der Waals surface area contributed by atoms with E-state index in [1.54, 1.807) is 42.5 Å². The number of urea groups is 1. The molecule has 2 amide bonds. The summed E-state index contributed by atoms with van der Waals surface area (Å²) in [5.41, 5.74) is 2.07. The minimum atomic E-state index is -0.564. The second kappa shape index (κ2) is 8.99. The Morgan fingerprint density at radius 1 is 0.857 bits per heavy atom. The van der Waals surface area contributed by atoms with Gasteiger partial charge in [-0.2, -0.15) is 0 Å². The van der Waals surface area contributed by atoms with Crippen molar-refractivity contribution in [3.8, 4) is 5.75 Å². The third-order valence-electron chi connectivity index (χ3n) is 4.35. The number of rotatable bonds is 6. The third-order valence-corrected chi connectivity index (χ3v) is 4.35. The lowest BCUT2D eigenvalue weighted by atomic mass is 9.99. The van der Waals surface area contributed by atoms with E-state index in [0.29, 0.717) is 24.1 Å². The molecule has 144 valence electrons. The lowest BCUT2D eigenvalue weighted by molar-refractivity contribution is 0.239. The number of carbonyl (C=O) groups excluding carboxylic acids is 1. The molecule has 6 heteroatoms. The number of carbonyl (C=O) groups is 1. The highest BCUT2D eigenvalue weighted by Crippen LogP contribution is 2.23. The quantitative estimate of drug-likeness (QED) is 0.595. The summed E-state index contributed by atoms with van der Waals surface area (Å²) >= 11 is 0. The van der Waals surface area contributed by atoms with Crippen LogP contribution in [0.15, 0.2) is 72.8 Å². The SMILES string of the molecule is O=C(NCCc1ccccc1O)NC(c1ccc(F)cc1)c1ccc(F)cc1. The second-order valence-electron chi connectivity index (χ2n) is 6.32. The molecule has 3 aromatic rings. The van der Waals surface area contributed by atoms with Crippen molar-refractivity contribution in [1.82, 2.24) is 10.6 Å². The van der Waals surface area contributed by atoms with Crippen LogP contribution in [0.2, 0.25) is 0 Å². The Kier molecular flexibility index (Phi) is 6.22. The Balaban J connectivity index is 1.68. The molecule has 0 unspecified atom stereocenters. The van der Waals surface area contributed by atoms with Gasteiger partial charge >= 0.3 is 6.03 Å². The third kappa shape index (κ3) is 5.07. The van der Waals surface area contributed by atoms with E-state index in [2.05, 4.69) is 10.6 Å². The zero-order chi connectivity index (χ0) is 19.9. The molecule has 3 aromatic carbocycles. The van der Waals surface area contributed by atoms with Gasteiger partial charge in [-0.1, -0.05) is 42.5 Å². The number of phenols is 1. The molecule has 0 fully saturated rings. The monoisotopic (exact) mass is 382 g/mol. The number of benzene rings is 3. The van der Waals surface area contributed by atoms with Crippen molar-refractivity contribution < 1.29 is 18.7 Å². The van der Waals surface area contributed by atoms with Crippen LogP contribution in [0, 0.1) is 11.6 Å². The molecule has 0 heterocycles. The number of para-hydroxylation sites is 1. The normalized spacial score (nSPS) is 10.7. The maximum absolute atomic E-state index is 13.3. The van der Waals surface area contributed by atoms with Crippen LogP contribution in [0.3, 0.4) is 0 Å². The average molecular weight is 382 g/mol. The van der Waals surface area contributed by atoms with Crippen molar-refractivity contribution in [3.05, 3.63) is 101 Å². The molecule has 0 radical (unpaired) electrons. The van der Waals surface area contributed by atoms with Crippen LogP contribution in [0.4, 0.5) is 13.6 Å². The Labute approximate surface area is 161 Å². The van der Waals surface area contributed by atoms with Crippen molar-refractivity contribution in [2.75, 3.05) is 6.54 Å². The van der Waals surface area contributed by atoms with Crippen molar-refractivity contribution >= 4 is 6.03 Å². The molecule has 3 rings (SSSR count). The lowest BCUT2D eigenvalue weighted by Gasteiger charge is -2.20. The molecule has 0 aliphatic rings. The molecule has 28 heavy (non-hydrogen) atoms. The highest BCUT2D eigenvalue weighted by atomic mass is 19.1. The Morgan fingerprint density at radius 3 is 1.93 bits per heavy atom. The van der Waals surface area contributed by atoms with E-state index < -0.39 is 12.1 Å². The summed E-state index contributed by atoms with van der Waals surface area (Å²) in [6.45, 7) is 0.322. The standard InChI is InChI=1S/C22H20F2N2O2/c23-18-9-5-16(6-10-18)21(17-7-11-19(24)12-8-17)26-22(28)25-14-13-15-3-1-2-4-20(15)27/h1-12,21,27H,13-14H2,(H2,25,26,28). The summed E-state index contributed by atoms with van der Waals surface area (Å²) in [7, 11) is 0. The number of halogens is 2. The number of aromatic hydroxyl groups is 1. The van der Waals surface area contributed by atoms with Gasteiger partial charge < -0.3 is 15.7 Å². The fraction of sp³-hybridized carbons (Fsp3) is 0.136. The second-order valence-corrected chi connectivity index (χ2v) is 6.32. The van der Waals surface area contributed by atoms with Crippen LogP contribution >= 0.6 is 0 Å². The van der Waals surface area contributed by atoms with Gasteiger partial charge in [0.1, 0.15) is 17.4 Å². The maximum Gasteiger partial charge on any atom is 0.315 e. The molecule has 4 nitrogen and oxygen atoms in total. The first-order chi connectivity index (χ1) is 13.5. The molecule has 0 aromatic heterocycles. The Hall–Kier alpha value is -3.41. The number of phenolic OH excluding ortho intramolecular Hbond substituents is 1. The van der Waals surface area contributed by atoms with Crippen LogP contribution in [-0.2, 0) is 6.42 Å². The van der Waals surface area contributed by atoms with Gasteiger partial charge in [-0.05, 0) is 53.4 Å². The number of hydrogen-bond acceptors (Lipinski definition) is 2. The molecular formula is C22H20F2N2O2. The molecular weight excluding hydrogens is 362 g/mol. The summed E-state index contributed by atoms with van der Waals surface area (Å²) in [5, 5.41) is 15.3. The van der Waals surface area contributed by atoms with Crippen molar-refractivity contribution in [3.63, 3.8) is 0 Å². The summed E-state index contributed by atoms with van der Waals surface area (Å²) in [5.74, 6) is -0.581. The zero-order valence-corrected chi connectivity index (χ0v) is 15.0. The van der Waals surface area contributed by atoms with E-state index in [4.69, 9.17) is 0 Å². The Bertz CT molecular complexity index is 883. The number of nitrogens with one attached hydrogen (secondary N) is 2. The number of amides is 2. The topological polar surface area (TPSA) is 61.4 Å². The fourth-order valence-electron chi connectivity index (χ4n) is 2.88. The van der Waals surface area contributed by atoms with Gasteiger partial charge in [0.2, 0.25) is 0 Å². The molecule has 0 bridgehead atoms. The van der Waals surface area contributed by atoms with Crippen molar-refractivity contribution in [2.24, 2.45) is 0 Å². The van der Waals surface area contributed by atoms with E-state index in [1.807, 2.05) is 6.07 Å². The van der Waals surface area contributed by atoms with Gasteiger partial charge in [0.05, 0.1) is 6.04 Å². The molecule has 0 spiro atoms. The van der Waals surface area contributed by atoms with Crippen LogP contribution < -0.4 is 10.6 Å². The van der Waals surface area contributed by atoms with Gasteiger partial charge in [-0.3, -0.25) is 0 Å². The molecule has 0 aliphatic heterocycles. The highest BCUT2D eigenvalue weighted by Gasteiger charge is 2.17. The molecule has 0 atom stereocenters. The predicted octanol–water partition coefficient (Wildman–Crippen LogP) is 4.30.